The van der Waals surface area contributed by atoms with Gasteiger partial charge in [-0.3, -0.25) is 4.79 Å². The number of halogens is 1. The SMILES string of the molecule is CNc1nccc(C(=O)NCCCCOCCOC)c1F. The molecule has 1 heterocycles. The van der Waals surface area contributed by atoms with E-state index in [1.807, 2.05) is 0 Å². The van der Waals surface area contributed by atoms with E-state index in [2.05, 4.69) is 15.6 Å². The number of aromatic nitrogens is 1. The maximum atomic E-state index is 13.9. The van der Waals surface area contributed by atoms with E-state index in [1.165, 1.54) is 12.3 Å². The summed E-state index contributed by atoms with van der Waals surface area (Å²) in [5, 5.41) is 5.28. The average molecular weight is 299 g/mol. The van der Waals surface area contributed by atoms with Gasteiger partial charge in [-0.1, -0.05) is 0 Å². The number of pyridine rings is 1. The predicted octanol–water partition coefficient (Wildman–Crippen LogP) is 1.44. The normalized spacial score (nSPS) is 10.4. The third-order valence-corrected chi connectivity index (χ3v) is 2.80. The fraction of sp³-hybridized carbons (Fsp3) is 0.571. The van der Waals surface area contributed by atoms with E-state index in [4.69, 9.17) is 9.47 Å². The molecule has 6 nitrogen and oxygen atoms in total. The number of hydrogen-bond acceptors (Lipinski definition) is 5. The van der Waals surface area contributed by atoms with E-state index < -0.39 is 11.7 Å². The van der Waals surface area contributed by atoms with Gasteiger partial charge in [0.25, 0.3) is 5.91 Å². The fourth-order valence-corrected chi connectivity index (χ4v) is 1.66. The van der Waals surface area contributed by atoms with Crippen molar-refractivity contribution in [3.63, 3.8) is 0 Å². The van der Waals surface area contributed by atoms with Gasteiger partial charge in [0.1, 0.15) is 0 Å². The summed E-state index contributed by atoms with van der Waals surface area (Å²) < 4.78 is 24.0. The van der Waals surface area contributed by atoms with Crippen molar-refractivity contribution >= 4 is 11.7 Å². The molecule has 118 valence electrons. The Labute approximate surface area is 124 Å². The van der Waals surface area contributed by atoms with Crippen LogP contribution in [0.15, 0.2) is 12.3 Å². The summed E-state index contributed by atoms with van der Waals surface area (Å²) in [7, 11) is 3.17. The Balaban J connectivity index is 2.25. The van der Waals surface area contributed by atoms with Crippen LogP contribution in [0, 0.1) is 5.82 Å². The number of unbranched alkanes of at least 4 members (excludes halogenated alkanes) is 1. The summed E-state index contributed by atoms with van der Waals surface area (Å²) in [4.78, 5) is 15.6. The van der Waals surface area contributed by atoms with Gasteiger partial charge in [-0.15, -0.1) is 0 Å². The highest BCUT2D eigenvalue weighted by Gasteiger charge is 2.14. The molecule has 0 saturated carbocycles. The van der Waals surface area contributed by atoms with Gasteiger partial charge in [-0.25, -0.2) is 9.37 Å². The molecule has 1 aromatic rings. The molecular weight excluding hydrogens is 277 g/mol. The number of nitrogens with one attached hydrogen (secondary N) is 2. The molecule has 7 heteroatoms. The standard InChI is InChI=1S/C14H22FN3O3/c1-16-13-12(15)11(5-7-17-13)14(19)18-6-3-4-8-21-10-9-20-2/h5,7H,3-4,6,8-10H2,1-2H3,(H,16,17)(H,18,19). The van der Waals surface area contributed by atoms with Gasteiger partial charge in [0.05, 0.1) is 18.8 Å². The summed E-state index contributed by atoms with van der Waals surface area (Å²) in [6.07, 6.45) is 2.99. The van der Waals surface area contributed by atoms with Crippen LogP contribution in [0.3, 0.4) is 0 Å². The third kappa shape index (κ3) is 6.05. The number of amides is 1. The molecule has 0 bridgehead atoms. The number of rotatable bonds is 10. The maximum Gasteiger partial charge on any atom is 0.254 e. The van der Waals surface area contributed by atoms with E-state index >= 15 is 0 Å². The summed E-state index contributed by atoms with van der Waals surface area (Å²) in [6.45, 7) is 2.24. The molecule has 1 amide bonds. The van der Waals surface area contributed by atoms with Gasteiger partial charge >= 0.3 is 0 Å². The molecule has 21 heavy (non-hydrogen) atoms. The smallest absolute Gasteiger partial charge is 0.254 e. The second-order valence-corrected chi connectivity index (χ2v) is 4.34. The van der Waals surface area contributed by atoms with Gasteiger partial charge in [0.2, 0.25) is 0 Å². The first-order valence-electron chi connectivity index (χ1n) is 6.87. The molecule has 0 aliphatic carbocycles. The minimum Gasteiger partial charge on any atom is -0.382 e. The lowest BCUT2D eigenvalue weighted by Crippen LogP contribution is -2.26. The van der Waals surface area contributed by atoms with E-state index in [0.29, 0.717) is 26.4 Å². The first kappa shape index (κ1) is 17.3. The molecule has 0 aliphatic rings. The van der Waals surface area contributed by atoms with Gasteiger partial charge in [-0.2, -0.15) is 0 Å². The van der Waals surface area contributed by atoms with E-state index in [-0.39, 0.29) is 11.4 Å². The number of hydrogen-bond donors (Lipinski definition) is 2. The van der Waals surface area contributed by atoms with Crippen LogP contribution < -0.4 is 10.6 Å². The monoisotopic (exact) mass is 299 g/mol. The number of ether oxygens (including phenoxy) is 2. The number of methoxy groups -OCH3 is 1. The van der Waals surface area contributed by atoms with Gasteiger partial charge < -0.3 is 20.1 Å². The number of nitrogens with zero attached hydrogens (tertiary/aromatic N) is 1. The largest absolute Gasteiger partial charge is 0.382 e. The average Bonchev–Trinajstić information content (AvgIpc) is 2.50. The second-order valence-electron chi connectivity index (χ2n) is 4.34. The van der Waals surface area contributed by atoms with Crippen molar-refractivity contribution in [1.29, 1.82) is 0 Å². The van der Waals surface area contributed by atoms with Crippen LogP contribution >= 0.6 is 0 Å². The highest BCUT2D eigenvalue weighted by Crippen LogP contribution is 2.14. The van der Waals surface area contributed by atoms with Crippen LogP contribution in [0.4, 0.5) is 10.2 Å². The Bertz CT molecular complexity index is 443. The number of carbonyl (C=O) groups excluding carboxylic acids is 1. The molecule has 1 aromatic heterocycles. The Morgan fingerprint density at radius 3 is 2.86 bits per heavy atom. The molecular formula is C14H22FN3O3. The molecule has 0 aliphatic heterocycles. The van der Waals surface area contributed by atoms with Crippen LogP contribution in [-0.2, 0) is 9.47 Å². The van der Waals surface area contributed by atoms with Crippen molar-refractivity contribution in [3.8, 4) is 0 Å². The van der Waals surface area contributed by atoms with E-state index in [0.717, 1.165) is 12.8 Å². The molecule has 1 rings (SSSR count). The molecule has 0 fully saturated rings. The van der Waals surface area contributed by atoms with Crippen molar-refractivity contribution in [2.75, 3.05) is 45.8 Å². The molecule has 0 radical (unpaired) electrons. The lowest BCUT2D eigenvalue weighted by molar-refractivity contribution is 0.0686. The number of anilines is 1. The third-order valence-electron chi connectivity index (χ3n) is 2.80. The van der Waals surface area contributed by atoms with Crippen LogP contribution in [0.1, 0.15) is 23.2 Å². The van der Waals surface area contributed by atoms with E-state index in [1.54, 1.807) is 14.2 Å². The van der Waals surface area contributed by atoms with Crippen molar-refractivity contribution in [2.24, 2.45) is 0 Å². The van der Waals surface area contributed by atoms with Gasteiger partial charge in [0, 0.05) is 33.5 Å². The molecule has 0 saturated heterocycles. The zero-order chi connectivity index (χ0) is 15.5. The molecule has 0 atom stereocenters. The quantitative estimate of drug-likeness (QED) is 0.640. The predicted molar refractivity (Wildman–Crippen MR) is 78.0 cm³/mol. The van der Waals surface area contributed by atoms with Crippen LogP contribution in [-0.4, -0.2) is 51.4 Å². The zero-order valence-corrected chi connectivity index (χ0v) is 12.4. The molecule has 0 aromatic carbocycles. The lowest BCUT2D eigenvalue weighted by Gasteiger charge is -2.08. The Kier molecular flexibility index (Phi) is 8.30. The zero-order valence-electron chi connectivity index (χ0n) is 12.4. The summed E-state index contributed by atoms with van der Waals surface area (Å²) >= 11 is 0. The van der Waals surface area contributed by atoms with Crippen LogP contribution in [0.25, 0.3) is 0 Å². The molecule has 0 spiro atoms. The minimum absolute atomic E-state index is 0.00862. The lowest BCUT2D eigenvalue weighted by atomic mass is 10.2. The Morgan fingerprint density at radius 1 is 1.33 bits per heavy atom. The summed E-state index contributed by atoms with van der Waals surface area (Å²) in [6, 6.07) is 1.36. The Hall–Kier alpha value is -1.73. The van der Waals surface area contributed by atoms with Crippen LogP contribution in [0.2, 0.25) is 0 Å². The molecule has 0 unspecified atom stereocenters. The highest BCUT2D eigenvalue weighted by molar-refractivity contribution is 5.95. The summed E-state index contributed by atoms with van der Waals surface area (Å²) in [5.74, 6) is -1.01. The van der Waals surface area contributed by atoms with E-state index in [9.17, 15) is 9.18 Å². The molecule has 2 N–H and O–H groups in total. The minimum atomic E-state index is -0.639. The maximum absolute atomic E-state index is 13.9. The Morgan fingerprint density at radius 2 is 2.14 bits per heavy atom. The highest BCUT2D eigenvalue weighted by atomic mass is 19.1. The first-order chi connectivity index (χ1) is 10.2. The van der Waals surface area contributed by atoms with Crippen molar-refractivity contribution in [1.82, 2.24) is 10.3 Å². The van der Waals surface area contributed by atoms with Crippen molar-refractivity contribution in [2.45, 2.75) is 12.8 Å². The number of carbonyl (C=O) groups is 1. The second kappa shape index (κ2) is 10.1. The van der Waals surface area contributed by atoms with Crippen molar-refractivity contribution in [3.05, 3.63) is 23.6 Å². The fourth-order valence-electron chi connectivity index (χ4n) is 1.66. The van der Waals surface area contributed by atoms with Gasteiger partial charge in [0.15, 0.2) is 11.6 Å². The summed E-state index contributed by atoms with van der Waals surface area (Å²) in [5.41, 5.74) is -0.00862. The first-order valence-corrected chi connectivity index (χ1v) is 6.87. The van der Waals surface area contributed by atoms with Crippen molar-refractivity contribution < 1.29 is 18.7 Å². The van der Waals surface area contributed by atoms with Gasteiger partial charge in [-0.05, 0) is 18.9 Å². The topological polar surface area (TPSA) is 72.5 Å². The van der Waals surface area contributed by atoms with Crippen LogP contribution in [0.5, 0.6) is 0 Å².